The zero-order valence-corrected chi connectivity index (χ0v) is 14.3. The highest BCUT2D eigenvalue weighted by Gasteiger charge is 2.22. The van der Waals surface area contributed by atoms with Crippen LogP contribution >= 0.6 is 0 Å². The first-order chi connectivity index (χ1) is 12.5. The Balaban J connectivity index is 1.47. The molecule has 0 radical (unpaired) electrons. The summed E-state index contributed by atoms with van der Waals surface area (Å²) in [6, 6.07) is 11.5. The van der Waals surface area contributed by atoms with Crippen LogP contribution in [0.2, 0.25) is 0 Å². The maximum absolute atomic E-state index is 12.9. The highest BCUT2D eigenvalue weighted by Crippen LogP contribution is 2.10. The lowest BCUT2D eigenvalue weighted by Crippen LogP contribution is -2.50. The largest absolute Gasteiger partial charge is 0.340 e. The molecule has 1 heterocycles. The van der Waals surface area contributed by atoms with Crippen molar-refractivity contribution < 1.29 is 18.4 Å². The molecule has 0 N–H and O–H groups in total. The molecule has 1 aliphatic heterocycles. The van der Waals surface area contributed by atoms with Gasteiger partial charge in [-0.15, -0.1) is 0 Å². The van der Waals surface area contributed by atoms with Crippen LogP contribution in [-0.4, -0.2) is 54.2 Å². The summed E-state index contributed by atoms with van der Waals surface area (Å²) in [6.45, 7) is 2.59. The second-order valence-corrected chi connectivity index (χ2v) is 6.39. The van der Waals surface area contributed by atoms with Gasteiger partial charge in [-0.3, -0.25) is 14.5 Å². The van der Waals surface area contributed by atoms with E-state index in [2.05, 4.69) is 0 Å². The molecule has 0 aliphatic carbocycles. The number of halogens is 2. The average Bonchev–Trinajstić information content (AvgIpc) is 2.64. The predicted molar refractivity (Wildman–Crippen MR) is 93.9 cm³/mol. The molecule has 1 aliphatic rings. The van der Waals surface area contributed by atoms with Gasteiger partial charge in [-0.2, -0.15) is 0 Å². The summed E-state index contributed by atoms with van der Waals surface area (Å²) in [6.07, 6.45) is 0.245. The van der Waals surface area contributed by atoms with Crippen molar-refractivity contribution in [2.24, 2.45) is 0 Å². The predicted octanol–water partition coefficient (Wildman–Crippen LogP) is 2.53. The van der Waals surface area contributed by atoms with E-state index < -0.39 is 0 Å². The maximum Gasteiger partial charge on any atom is 0.227 e. The van der Waals surface area contributed by atoms with Crippen LogP contribution < -0.4 is 0 Å². The van der Waals surface area contributed by atoms with E-state index in [1.807, 2.05) is 4.90 Å². The summed E-state index contributed by atoms with van der Waals surface area (Å²) >= 11 is 0. The summed E-state index contributed by atoms with van der Waals surface area (Å²) in [5, 5.41) is 0. The monoisotopic (exact) mass is 358 g/mol. The second-order valence-electron chi connectivity index (χ2n) is 6.39. The minimum absolute atomic E-state index is 0.00104. The minimum Gasteiger partial charge on any atom is -0.340 e. The van der Waals surface area contributed by atoms with Gasteiger partial charge in [-0.25, -0.2) is 8.78 Å². The van der Waals surface area contributed by atoms with Gasteiger partial charge in [0, 0.05) is 31.7 Å². The fraction of sp³-hybridized carbons (Fsp3) is 0.300. The third kappa shape index (κ3) is 4.73. The quantitative estimate of drug-likeness (QED) is 0.772. The Morgan fingerprint density at radius 3 is 1.92 bits per heavy atom. The van der Waals surface area contributed by atoms with E-state index in [-0.39, 0.29) is 36.3 Å². The van der Waals surface area contributed by atoms with E-state index in [1.54, 1.807) is 17.0 Å². The average molecular weight is 358 g/mol. The van der Waals surface area contributed by atoms with Gasteiger partial charge in [-0.05, 0) is 42.0 Å². The fourth-order valence-corrected chi connectivity index (χ4v) is 2.97. The zero-order chi connectivity index (χ0) is 18.5. The second kappa shape index (κ2) is 8.19. The summed E-state index contributed by atoms with van der Waals surface area (Å²) in [7, 11) is 0. The first-order valence-corrected chi connectivity index (χ1v) is 8.54. The summed E-state index contributed by atoms with van der Waals surface area (Å²) in [5.74, 6) is -0.743. The molecule has 1 amide bonds. The summed E-state index contributed by atoms with van der Waals surface area (Å²) < 4.78 is 25.8. The Hall–Kier alpha value is -2.60. The Morgan fingerprint density at radius 2 is 1.35 bits per heavy atom. The number of carbonyl (C=O) groups is 2. The van der Waals surface area contributed by atoms with E-state index in [4.69, 9.17) is 0 Å². The molecule has 6 heteroatoms. The third-order valence-corrected chi connectivity index (χ3v) is 4.53. The van der Waals surface area contributed by atoms with Crippen molar-refractivity contribution in [2.45, 2.75) is 6.42 Å². The van der Waals surface area contributed by atoms with E-state index in [9.17, 15) is 18.4 Å². The number of amides is 1. The van der Waals surface area contributed by atoms with Gasteiger partial charge in [0.2, 0.25) is 5.91 Å². The first kappa shape index (κ1) is 18.2. The highest BCUT2D eigenvalue weighted by molar-refractivity contribution is 5.97. The lowest BCUT2D eigenvalue weighted by atomic mass is 10.1. The molecule has 0 unspecified atom stereocenters. The van der Waals surface area contributed by atoms with Crippen LogP contribution in [-0.2, 0) is 11.2 Å². The van der Waals surface area contributed by atoms with Gasteiger partial charge < -0.3 is 4.90 Å². The zero-order valence-electron chi connectivity index (χ0n) is 14.3. The Labute approximate surface area is 151 Å². The SMILES string of the molecule is O=C(CN1CCN(C(=O)Cc2ccc(F)cc2)CC1)c1ccc(F)cc1. The molecule has 2 aromatic rings. The summed E-state index contributed by atoms with van der Waals surface area (Å²) in [5.41, 5.74) is 1.27. The van der Waals surface area contributed by atoms with Gasteiger partial charge in [0.25, 0.3) is 0 Å². The first-order valence-electron chi connectivity index (χ1n) is 8.54. The van der Waals surface area contributed by atoms with Gasteiger partial charge in [0.15, 0.2) is 5.78 Å². The van der Waals surface area contributed by atoms with E-state index in [0.717, 1.165) is 5.56 Å². The topological polar surface area (TPSA) is 40.6 Å². The lowest BCUT2D eigenvalue weighted by Gasteiger charge is -2.34. The molecule has 0 atom stereocenters. The number of carbonyl (C=O) groups excluding carboxylic acids is 2. The molecule has 0 bridgehead atoms. The van der Waals surface area contributed by atoms with E-state index in [0.29, 0.717) is 31.7 Å². The Kier molecular flexibility index (Phi) is 5.73. The minimum atomic E-state index is -0.366. The maximum atomic E-state index is 12.9. The molecule has 0 saturated carbocycles. The number of nitrogens with zero attached hydrogens (tertiary/aromatic N) is 2. The highest BCUT2D eigenvalue weighted by atomic mass is 19.1. The van der Waals surface area contributed by atoms with Crippen molar-refractivity contribution in [3.8, 4) is 0 Å². The molecule has 4 nitrogen and oxygen atoms in total. The molecule has 1 saturated heterocycles. The normalized spacial score (nSPS) is 15.1. The number of Topliss-reactive ketones (excluding diaryl/α,β-unsaturated/α-hetero) is 1. The standard InChI is InChI=1S/C20H20F2N2O2/c21-17-5-1-15(2-6-17)13-20(26)24-11-9-23(10-12-24)14-19(25)16-3-7-18(22)8-4-16/h1-8H,9-14H2. The van der Waals surface area contributed by atoms with Crippen LogP contribution in [0, 0.1) is 11.6 Å². The van der Waals surface area contributed by atoms with E-state index >= 15 is 0 Å². The van der Waals surface area contributed by atoms with E-state index in [1.165, 1.54) is 36.4 Å². The van der Waals surface area contributed by atoms with Gasteiger partial charge >= 0.3 is 0 Å². The van der Waals surface area contributed by atoms with Crippen molar-refractivity contribution in [3.05, 3.63) is 71.3 Å². The van der Waals surface area contributed by atoms with Crippen LogP contribution in [0.15, 0.2) is 48.5 Å². The number of benzene rings is 2. The van der Waals surface area contributed by atoms with Crippen molar-refractivity contribution in [2.75, 3.05) is 32.7 Å². The number of piperazine rings is 1. The Morgan fingerprint density at radius 1 is 0.808 bits per heavy atom. The molecule has 1 fully saturated rings. The number of hydrogen-bond acceptors (Lipinski definition) is 3. The third-order valence-electron chi connectivity index (χ3n) is 4.53. The van der Waals surface area contributed by atoms with Gasteiger partial charge in [0.1, 0.15) is 11.6 Å². The van der Waals surface area contributed by atoms with Gasteiger partial charge in [-0.1, -0.05) is 12.1 Å². The molecule has 136 valence electrons. The number of rotatable bonds is 5. The molecule has 0 spiro atoms. The molecule has 26 heavy (non-hydrogen) atoms. The van der Waals surface area contributed by atoms with Crippen molar-refractivity contribution in [1.82, 2.24) is 9.80 Å². The van der Waals surface area contributed by atoms with Crippen LogP contribution in [0.5, 0.6) is 0 Å². The number of ketones is 1. The van der Waals surface area contributed by atoms with Crippen LogP contribution in [0.3, 0.4) is 0 Å². The molecule has 3 rings (SSSR count). The molecular weight excluding hydrogens is 338 g/mol. The van der Waals surface area contributed by atoms with Crippen LogP contribution in [0.1, 0.15) is 15.9 Å². The fourth-order valence-electron chi connectivity index (χ4n) is 2.97. The smallest absolute Gasteiger partial charge is 0.227 e. The van der Waals surface area contributed by atoms with Gasteiger partial charge in [0.05, 0.1) is 13.0 Å². The van der Waals surface area contributed by atoms with Crippen LogP contribution in [0.25, 0.3) is 0 Å². The lowest BCUT2D eigenvalue weighted by molar-refractivity contribution is -0.132. The van der Waals surface area contributed by atoms with Crippen molar-refractivity contribution >= 4 is 11.7 Å². The Bertz CT molecular complexity index is 767. The molecular formula is C20H20F2N2O2. The number of hydrogen-bond donors (Lipinski definition) is 0. The molecule has 2 aromatic carbocycles. The van der Waals surface area contributed by atoms with Crippen LogP contribution in [0.4, 0.5) is 8.78 Å². The van der Waals surface area contributed by atoms with Crippen molar-refractivity contribution in [1.29, 1.82) is 0 Å². The molecule has 0 aromatic heterocycles. The van der Waals surface area contributed by atoms with Crippen molar-refractivity contribution in [3.63, 3.8) is 0 Å². The summed E-state index contributed by atoms with van der Waals surface area (Å²) in [4.78, 5) is 28.3.